The van der Waals surface area contributed by atoms with Gasteiger partial charge in [-0.25, -0.2) is 4.98 Å². The lowest BCUT2D eigenvalue weighted by molar-refractivity contribution is -0.00000554. The summed E-state index contributed by atoms with van der Waals surface area (Å²) in [6.45, 7) is 2.16. The predicted octanol–water partition coefficient (Wildman–Crippen LogP) is 1.47. The zero-order valence-corrected chi connectivity index (χ0v) is 18.4. The Bertz CT molecular complexity index is 888. The van der Waals surface area contributed by atoms with Gasteiger partial charge in [0.25, 0.3) is 0 Å². The van der Waals surface area contributed by atoms with Crippen LogP contribution in [-0.4, -0.2) is 9.97 Å². The van der Waals surface area contributed by atoms with Crippen LogP contribution in [0.2, 0.25) is 0 Å². The van der Waals surface area contributed by atoms with Crippen LogP contribution in [-0.2, 0) is 12.6 Å². The topological polar surface area (TPSA) is 28.7 Å². The minimum absolute atomic E-state index is 0. The number of benzene rings is 3. The first kappa shape index (κ1) is 20.5. The highest BCUT2D eigenvalue weighted by Crippen LogP contribution is 2.57. The lowest BCUT2D eigenvalue weighted by Gasteiger charge is -2.26. The molecule has 0 aliphatic heterocycles. The molecule has 0 aliphatic rings. The zero-order chi connectivity index (χ0) is 18.5. The summed E-state index contributed by atoms with van der Waals surface area (Å²) in [5.74, 6) is 1.07. The fourth-order valence-electron chi connectivity index (χ4n) is 3.66. The molecular weight excluding hydrogens is 427 g/mol. The Hall–Kier alpha value is -2.22. The average Bonchev–Trinajstić information content (AvgIpc) is 3.21. The smallest absolute Gasteiger partial charge is 0.145 e. The molecule has 1 N–H and O–H groups in total. The molecule has 1 heterocycles. The van der Waals surface area contributed by atoms with Gasteiger partial charge in [0.05, 0.1) is 0 Å². The number of hydrogen-bond acceptors (Lipinski definition) is 1. The van der Waals surface area contributed by atoms with E-state index in [1.165, 1.54) is 21.6 Å². The van der Waals surface area contributed by atoms with E-state index in [9.17, 15) is 0 Å². The van der Waals surface area contributed by atoms with E-state index in [0.29, 0.717) is 0 Å². The van der Waals surface area contributed by atoms with Crippen molar-refractivity contribution in [1.29, 1.82) is 0 Å². The monoisotopic (exact) mass is 450 g/mol. The maximum atomic E-state index is 4.72. The van der Waals surface area contributed by atoms with Crippen LogP contribution in [0.25, 0.3) is 0 Å². The summed E-state index contributed by atoms with van der Waals surface area (Å²) < 4.78 is 0. The third-order valence-corrected chi connectivity index (χ3v) is 9.35. The molecule has 0 unspecified atom stereocenters. The number of imidazole rings is 1. The number of rotatable bonds is 6. The Labute approximate surface area is 178 Å². The first-order chi connectivity index (χ1) is 13.3. The molecule has 0 atom stereocenters. The summed E-state index contributed by atoms with van der Waals surface area (Å²) in [7, 11) is -1.87. The zero-order valence-electron chi connectivity index (χ0n) is 15.9. The lowest BCUT2D eigenvalue weighted by atomic mass is 10.4. The van der Waals surface area contributed by atoms with Crippen molar-refractivity contribution in [3.63, 3.8) is 0 Å². The van der Waals surface area contributed by atoms with E-state index in [0.717, 1.165) is 18.4 Å². The van der Waals surface area contributed by atoms with E-state index in [1.54, 1.807) is 0 Å². The van der Waals surface area contributed by atoms with Crippen molar-refractivity contribution in [2.45, 2.75) is 19.5 Å². The highest BCUT2D eigenvalue weighted by molar-refractivity contribution is 7.95. The number of H-pyrrole nitrogens is 1. The normalized spacial score (nSPS) is 11.0. The number of aromatic amines is 1. The van der Waals surface area contributed by atoms with Crippen LogP contribution in [0.1, 0.15) is 18.4 Å². The number of nitrogens with zero attached hydrogens (tertiary/aromatic N) is 1. The van der Waals surface area contributed by atoms with Crippen LogP contribution in [0.5, 0.6) is 0 Å². The summed E-state index contributed by atoms with van der Waals surface area (Å²) in [4.78, 5) is 8.26. The van der Waals surface area contributed by atoms with Gasteiger partial charge in [0, 0.05) is 11.9 Å². The summed E-state index contributed by atoms with van der Waals surface area (Å²) in [5.41, 5.74) is 1.19. The molecular formula is C24H24BrN2P. The molecule has 142 valence electrons. The molecule has 0 aliphatic carbocycles. The van der Waals surface area contributed by atoms with Crippen molar-refractivity contribution in [1.82, 2.24) is 9.97 Å². The van der Waals surface area contributed by atoms with Gasteiger partial charge < -0.3 is 22.0 Å². The van der Waals surface area contributed by atoms with Gasteiger partial charge in [-0.3, -0.25) is 0 Å². The molecule has 4 aromatic rings. The summed E-state index contributed by atoms with van der Waals surface area (Å²) >= 11 is 0. The molecule has 3 aromatic carbocycles. The van der Waals surface area contributed by atoms with Gasteiger partial charge in [-0.05, 0) is 42.8 Å². The van der Waals surface area contributed by atoms with Crippen LogP contribution in [0.15, 0.2) is 97.2 Å². The number of halogens is 1. The molecule has 0 fully saturated rings. The van der Waals surface area contributed by atoms with Crippen molar-refractivity contribution >= 4 is 23.2 Å². The predicted molar refractivity (Wildman–Crippen MR) is 117 cm³/mol. The minimum atomic E-state index is -1.87. The highest BCUT2D eigenvalue weighted by atomic mass is 79.9. The van der Waals surface area contributed by atoms with Crippen molar-refractivity contribution in [3.8, 4) is 0 Å². The Balaban J connectivity index is 0.00000225. The van der Waals surface area contributed by atoms with Crippen molar-refractivity contribution < 1.29 is 17.0 Å². The lowest BCUT2D eigenvalue weighted by Crippen LogP contribution is -3.00. The molecule has 0 amide bonds. The second-order valence-corrected chi connectivity index (χ2v) is 10.2. The quantitative estimate of drug-likeness (QED) is 0.442. The van der Waals surface area contributed by atoms with Crippen LogP contribution < -0.4 is 32.9 Å². The molecule has 0 radical (unpaired) electrons. The summed E-state index contributed by atoms with van der Waals surface area (Å²) in [6.07, 6.45) is 3.84. The number of hydrogen-bond donors (Lipinski definition) is 1. The van der Waals surface area contributed by atoms with Crippen molar-refractivity contribution in [2.24, 2.45) is 0 Å². The number of aromatic nitrogens is 2. The summed E-state index contributed by atoms with van der Waals surface area (Å²) in [6, 6.07) is 32.8. The van der Waals surface area contributed by atoms with Gasteiger partial charge in [-0.15, -0.1) is 0 Å². The SMILES string of the molecule is CCc1cnc(C[P+](c2ccccc2)(c2ccccc2)c2ccccc2)[nH]1.[Br-]. The van der Waals surface area contributed by atoms with Crippen LogP contribution in [0, 0.1) is 0 Å². The van der Waals surface area contributed by atoms with Gasteiger partial charge >= 0.3 is 0 Å². The van der Waals surface area contributed by atoms with Crippen LogP contribution >= 0.6 is 7.26 Å². The molecule has 2 nitrogen and oxygen atoms in total. The third kappa shape index (κ3) is 3.97. The highest BCUT2D eigenvalue weighted by Gasteiger charge is 2.46. The molecule has 1 aromatic heterocycles. The maximum absolute atomic E-state index is 4.72. The molecule has 4 heteroatoms. The molecule has 0 saturated carbocycles. The van der Waals surface area contributed by atoms with E-state index < -0.39 is 7.26 Å². The first-order valence-corrected chi connectivity index (χ1v) is 11.4. The Kier molecular flexibility index (Phi) is 6.83. The second kappa shape index (κ2) is 9.32. The van der Waals surface area contributed by atoms with Crippen LogP contribution in [0.3, 0.4) is 0 Å². The average molecular weight is 451 g/mol. The number of aryl methyl sites for hydroxylation is 1. The van der Waals surface area contributed by atoms with E-state index >= 15 is 0 Å². The van der Waals surface area contributed by atoms with Crippen molar-refractivity contribution in [2.75, 3.05) is 0 Å². The molecule has 28 heavy (non-hydrogen) atoms. The Morgan fingerprint density at radius 2 is 1.14 bits per heavy atom. The van der Waals surface area contributed by atoms with Gasteiger partial charge in [0.15, 0.2) is 0 Å². The molecule has 0 saturated heterocycles. The van der Waals surface area contributed by atoms with Gasteiger partial charge in [0.2, 0.25) is 0 Å². The molecule has 0 bridgehead atoms. The second-order valence-electron chi connectivity index (χ2n) is 6.68. The van der Waals surface area contributed by atoms with Gasteiger partial charge in [-0.1, -0.05) is 61.5 Å². The first-order valence-electron chi connectivity index (χ1n) is 9.40. The van der Waals surface area contributed by atoms with Crippen molar-refractivity contribution in [3.05, 3.63) is 109 Å². The largest absolute Gasteiger partial charge is 1.00 e. The maximum Gasteiger partial charge on any atom is 0.145 e. The van der Waals surface area contributed by atoms with Crippen LogP contribution in [0.4, 0.5) is 0 Å². The van der Waals surface area contributed by atoms with E-state index in [1.807, 2.05) is 6.20 Å². The molecule has 0 spiro atoms. The van der Waals surface area contributed by atoms with Gasteiger partial charge in [0.1, 0.15) is 35.2 Å². The standard InChI is InChI=1S/C24H24N2P.BrH/c1-2-20-18-25-24(26-20)19-27(21-12-6-3-7-13-21,22-14-8-4-9-15-22)23-16-10-5-11-17-23;/h3-18H,2,19H2,1H3,(H,25,26);1H/q+1;/p-1. The fraction of sp³-hybridized carbons (Fsp3) is 0.125. The summed E-state index contributed by atoms with van der Waals surface area (Å²) in [5, 5.41) is 4.16. The minimum Gasteiger partial charge on any atom is -1.00 e. The van der Waals surface area contributed by atoms with E-state index in [2.05, 4.69) is 103 Å². The number of nitrogens with one attached hydrogen (secondary N) is 1. The molecule has 4 rings (SSSR count). The van der Waals surface area contributed by atoms with Gasteiger partial charge in [-0.2, -0.15) is 0 Å². The Morgan fingerprint density at radius 1 is 0.714 bits per heavy atom. The third-order valence-electron chi connectivity index (χ3n) is 5.04. The van der Waals surface area contributed by atoms with E-state index in [4.69, 9.17) is 4.98 Å². The fourth-order valence-corrected chi connectivity index (χ4v) is 7.75. The Morgan fingerprint density at radius 3 is 1.50 bits per heavy atom. The van der Waals surface area contributed by atoms with E-state index in [-0.39, 0.29) is 17.0 Å².